The lowest BCUT2D eigenvalue weighted by Gasteiger charge is -2.28. The number of aliphatic hydroxyl groups is 1. The first-order valence-corrected chi connectivity index (χ1v) is 11.9. The molecule has 0 saturated heterocycles. The second-order valence-electron chi connectivity index (χ2n) is 7.93. The molecule has 0 aliphatic carbocycles. The fourth-order valence-electron chi connectivity index (χ4n) is 3.61. The minimum atomic E-state index is -1.05. The number of nitrogens with zero attached hydrogens (tertiary/aromatic N) is 1. The number of carbonyl (C=O) groups is 1. The van der Waals surface area contributed by atoms with Crippen molar-refractivity contribution in [2.45, 2.75) is 51.2 Å². The Bertz CT molecular complexity index is 932. The van der Waals surface area contributed by atoms with E-state index >= 15 is 0 Å². The number of carbonyl (C=O) groups excluding carboxylic acids is 1. The summed E-state index contributed by atoms with van der Waals surface area (Å²) >= 11 is 3.60. The van der Waals surface area contributed by atoms with Crippen LogP contribution in [0.4, 0.5) is 0 Å². The molecular formula is C25H31BrN2O4. The van der Waals surface area contributed by atoms with Crippen molar-refractivity contribution in [3.63, 3.8) is 0 Å². The molecule has 0 saturated carbocycles. The molecule has 0 radical (unpaired) electrons. The standard InChI is InChI=1S/C25H31BrN2O4/c1-3-4-14-27-24(30)25(17-20-8-5-6-9-22(20)26)18(2)32-23(28-25)19-10-12-21(13-11-19)31-16-7-15-29/h5-6,8-13,18,29H,3-4,7,14-17H2,1-2H3,(H,27,30)/t18-,25-/m1/s1. The molecule has 1 aliphatic heterocycles. The maximum Gasteiger partial charge on any atom is 0.252 e. The first kappa shape index (κ1) is 24.3. The van der Waals surface area contributed by atoms with Crippen LogP contribution in [0, 0.1) is 0 Å². The van der Waals surface area contributed by atoms with Gasteiger partial charge in [-0.2, -0.15) is 0 Å². The Morgan fingerprint density at radius 2 is 1.97 bits per heavy atom. The Morgan fingerprint density at radius 3 is 2.66 bits per heavy atom. The van der Waals surface area contributed by atoms with Crippen LogP contribution < -0.4 is 10.1 Å². The molecule has 1 aliphatic rings. The number of halogens is 1. The third kappa shape index (κ3) is 5.70. The molecule has 2 N–H and O–H groups in total. The fourth-order valence-corrected chi connectivity index (χ4v) is 4.03. The van der Waals surface area contributed by atoms with Crippen molar-refractivity contribution in [3.05, 3.63) is 64.1 Å². The summed E-state index contributed by atoms with van der Waals surface area (Å²) in [7, 11) is 0. The average molecular weight is 503 g/mol. The third-order valence-electron chi connectivity index (χ3n) is 5.56. The lowest BCUT2D eigenvalue weighted by Crippen LogP contribution is -2.52. The van der Waals surface area contributed by atoms with Crippen LogP contribution in [0.5, 0.6) is 5.75 Å². The van der Waals surface area contributed by atoms with Crippen LogP contribution >= 0.6 is 15.9 Å². The number of ether oxygens (including phenoxy) is 2. The van der Waals surface area contributed by atoms with Gasteiger partial charge in [-0.15, -0.1) is 0 Å². The van der Waals surface area contributed by atoms with E-state index in [1.54, 1.807) is 0 Å². The molecular weight excluding hydrogens is 472 g/mol. The lowest BCUT2D eigenvalue weighted by atomic mass is 9.86. The van der Waals surface area contributed by atoms with E-state index in [9.17, 15) is 4.79 Å². The molecule has 2 atom stereocenters. The predicted octanol–water partition coefficient (Wildman–Crippen LogP) is 4.27. The number of rotatable bonds is 11. The van der Waals surface area contributed by atoms with E-state index in [4.69, 9.17) is 19.6 Å². The van der Waals surface area contributed by atoms with Gasteiger partial charge in [0.25, 0.3) is 5.91 Å². The number of hydrogen-bond donors (Lipinski definition) is 2. The van der Waals surface area contributed by atoms with Gasteiger partial charge in [-0.1, -0.05) is 47.5 Å². The van der Waals surface area contributed by atoms with Crippen LogP contribution in [-0.2, 0) is 16.0 Å². The molecule has 2 aromatic rings. The minimum Gasteiger partial charge on any atom is -0.494 e. The van der Waals surface area contributed by atoms with Gasteiger partial charge in [0.05, 0.1) is 6.61 Å². The van der Waals surface area contributed by atoms with E-state index in [0.29, 0.717) is 37.6 Å². The molecule has 0 unspecified atom stereocenters. The summed E-state index contributed by atoms with van der Waals surface area (Å²) in [6.07, 6.45) is 2.51. The van der Waals surface area contributed by atoms with E-state index in [1.165, 1.54) is 0 Å². The van der Waals surface area contributed by atoms with Gasteiger partial charge in [0.15, 0.2) is 5.54 Å². The molecule has 32 heavy (non-hydrogen) atoms. The zero-order valence-electron chi connectivity index (χ0n) is 18.6. The van der Waals surface area contributed by atoms with Crippen LogP contribution in [0.15, 0.2) is 58.0 Å². The second kappa shape index (κ2) is 11.5. The van der Waals surface area contributed by atoms with Gasteiger partial charge < -0.3 is 19.9 Å². The highest BCUT2D eigenvalue weighted by Gasteiger charge is 2.50. The van der Waals surface area contributed by atoms with Crippen LogP contribution in [0.2, 0.25) is 0 Å². The fraction of sp³-hybridized carbons (Fsp3) is 0.440. The topological polar surface area (TPSA) is 80.2 Å². The monoisotopic (exact) mass is 502 g/mol. The normalized spacial score (nSPS) is 19.9. The van der Waals surface area contributed by atoms with E-state index in [2.05, 4.69) is 28.2 Å². The largest absolute Gasteiger partial charge is 0.494 e. The number of benzene rings is 2. The first-order valence-electron chi connectivity index (χ1n) is 11.1. The Kier molecular flexibility index (Phi) is 8.70. The quantitative estimate of drug-likeness (QED) is 0.449. The van der Waals surface area contributed by atoms with Crippen LogP contribution in [0.1, 0.15) is 44.2 Å². The first-order chi connectivity index (χ1) is 15.5. The van der Waals surface area contributed by atoms with Crippen molar-refractivity contribution < 1.29 is 19.4 Å². The van der Waals surface area contributed by atoms with Crippen LogP contribution in [-0.4, -0.2) is 48.3 Å². The summed E-state index contributed by atoms with van der Waals surface area (Å²) in [5, 5.41) is 12.0. The van der Waals surface area contributed by atoms with E-state index in [1.807, 2.05) is 55.5 Å². The molecule has 0 spiro atoms. The molecule has 3 rings (SSSR count). The van der Waals surface area contributed by atoms with E-state index in [-0.39, 0.29) is 12.5 Å². The summed E-state index contributed by atoms with van der Waals surface area (Å²) in [4.78, 5) is 18.3. The van der Waals surface area contributed by atoms with Crippen molar-refractivity contribution in [2.75, 3.05) is 19.8 Å². The number of nitrogens with one attached hydrogen (secondary N) is 1. The Labute approximate surface area is 198 Å². The molecule has 0 fully saturated rings. The second-order valence-corrected chi connectivity index (χ2v) is 8.78. The lowest BCUT2D eigenvalue weighted by molar-refractivity contribution is -0.128. The summed E-state index contributed by atoms with van der Waals surface area (Å²) in [6, 6.07) is 15.3. The van der Waals surface area contributed by atoms with Gasteiger partial charge in [-0.3, -0.25) is 4.79 Å². The smallest absolute Gasteiger partial charge is 0.252 e. The molecule has 6 nitrogen and oxygen atoms in total. The molecule has 172 valence electrons. The van der Waals surface area contributed by atoms with E-state index in [0.717, 1.165) is 28.4 Å². The SMILES string of the molecule is CCCCNC(=O)[C@]1(Cc2ccccc2Br)N=C(c2ccc(OCCCO)cc2)O[C@@H]1C. The van der Waals surface area contributed by atoms with Crippen LogP contribution in [0.25, 0.3) is 0 Å². The van der Waals surface area contributed by atoms with Gasteiger partial charge in [-0.25, -0.2) is 4.99 Å². The Morgan fingerprint density at radius 1 is 1.22 bits per heavy atom. The van der Waals surface area contributed by atoms with Gasteiger partial charge in [-0.05, 0) is 49.2 Å². The summed E-state index contributed by atoms with van der Waals surface area (Å²) < 4.78 is 12.7. The molecule has 7 heteroatoms. The molecule has 0 bridgehead atoms. The highest BCUT2D eigenvalue weighted by atomic mass is 79.9. The van der Waals surface area contributed by atoms with Crippen LogP contribution in [0.3, 0.4) is 0 Å². The zero-order valence-corrected chi connectivity index (χ0v) is 20.2. The molecule has 2 aromatic carbocycles. The number of unbranched alkanes of at least 4 members (excludes halogenated alkanes) is 1. The van der Waals surface area contributed by atoms with Gasteiger partial charge in [0.2, 0.25) is 5.90 Å². The van der Waals surface area contributed by atoms with Crippen molar-refractivity contribution in [2.24, 2.45) is 4.99 Å². The highest BCUT2D eigenvalue weighted by Crippen LogP contribution is 2.34. The molecule has 1 heterocycles. The van der Waals surface area contributed by atoms with Crippen molar-refractivity contribution >= 4 is 27.7 Å². The van der Waals surface area contributed by atoms with E-state index < -0.39 is 11.6 Å². The van der Waals surface area contributed by atoms with Crippen molar-refractivity contribution in [1.29, 1.82) is 0 Å². The number of aliphatic hydroxyl groups excluding tert-OH is 1. The summed E-state index contributed by atoms with van der Waals surface area (Å²) in [5.41, 5.74) is 0.747. The Hall–Kier alpha value is -2.38. The number of hydrogen-bond acceptors (Lipinski definition) is 5. The van der Waals surface area contributed by atoms with Crippen molar-refractivity contribution in [3.8, 4) is 5.75 Å². The third-order valence-corrected chi connectivity index (χ3v) is 6.33. The zero-order chi connectivity index (χ0) is 23.0. The van der Waals surface area contributed by atoms with Crippen molar-refractivity contribution in [1.82, 2.24) is 5.32 Å². The molecule has 1 amide bonds. The highest BCUT2D eigenvalue weighted by molar-refractivity contribution is 9.10. The summed E-state index contributed by atoms with van der Waals surface area (Å²) in [5.74, 6) is 1.05. The summed E-state index contributed by atoms with van der Waals surface area (Å²) in [6.45, 7) is 5.17. The Balaban J connectivity index is 1.88. The predicted molar refractivity (Wildman–Crippen MR) is 129 cm³/mol. The molecule has 0 aromatic heterocycles. The maximum absolute atomic E-state index is 13.4. The van der Waals surface area contributed by atoms with Gasteiger partial charge in [0.1, 0.15) is 11.9 Å². The average Bonchev–Trinajstić information content (AvgIpc) is 3.13. The van der Waals surface area contributed by atoms with Gasteiger partial charge >= 0.3 is 0 Å². The number of amides is 1. The van der Waals surface area contributed by atoms with Gasteiger partial charge in [0, 0.05) is 36.0 Å². The maximum atomic E-state index is 13.4. The minimum absolute atomic E-state index is 0.0978. The number of aliphatic imine (C=N–C) groups is 1.